The normalized spacial score (nSPS) is 27.4. The number of hydrogen-bond acceptors (Lipinski definition) is 3. The van der Waals surface area contributed by atoms with Gasteiger partial charge in [0.2, 0.25) is 5.91 Å². The van der Waals surface area contributed by atoms with Crippen LogP contribution < -0.4 is 11.1 Å². The third-order valence-corrected chi connectivity index (χ3v) is 3.12. The molecule has 4 nitrogen and oxygen atoms in total. The molecule has 0 radical (unpaired) electrons. The van der Waals surface area contributed by atoms with Gasteiger partial charge in [0.1, 0.15) is 0 Å². The molecular formula is C12H24N2O2. The maximum atomic E-state index is 11.6. The minimum Gasteiger partial charge on any atom is -0.393 e. The van der Waals surface area contributed by atoms with Gasteiger partial charge in [-0.2, -0.15) is 0 Å². The maximum Gasteiger partial charge on any atom is 0.221 e. The quantitative estimate of drug-likeness (QED) is 0.655. The summed E-state index contributed by atoms with van der Waals surface area (Å²) in [7, 11) is 0. The van der Waals surface area contributed by atoms with Crippen molar-refractivity contribution in [2.45, 2.75) is 70.1 Å². The SMILES string of the molecule is CCCC(N)CC(=O)NC1CCCC(O)C1. The Hall–Kier alpha value is -0.610. The number of nitrogens with one attached hydrogen (secondary N) is 1. The zero-order valence-corrected chi connectivity index (χ0v) is 10.1. The van der Waals surface area contributed by atoms with Gasteiger partial charge in [0.15, 0.2) is 0 Å². The molecule has 0 spiro atoms. The molecule has 0 saturated heterocycles. The van der Waals surface area contributed by atoms with E-state index in [4.69, 9.17) is 5.73 Å². The topological polar surface area (TPSA) is 75.4 Å². The number of hydrogen-bond donors (Lipinski definition) is 3. The van der Waals surface area contributed by atoms with Gasteiger partial charge in [-0.1, -0.05) is 13.3 Å². The van der Waals surface area contributed by atoms with Crippen molar-refractivity contribution in [1.29, 1.82) is 0 Å². The summed E-state index contributed by atoms with van der Waals surface area (Å²) in [6.45, 7) is 2.06. The molecule has 0 aromatic rings. The second-order valence-corrected chi connectivity index (χ2v) is 4.84. The summed E-state index contributed by atoms with van der Waals surface area (Å²) in [6.07, 6.45) is 5.58. The molecule has 16 heavy (non-hydrogen) atoms. The predicted molar refractivity (Wildman–Crippen MR) is 63.9 cm³/mol. The lowest BCUT2D eigenvalue weighted by molar-refractivity contribution is -0.122. The van der Waals surface area contributed by atoms with E-state index in [0.29, 0.717) is 12.8 Å². The van der Waals surface area contributed by atoms with E-state index < -0.39 is 0 Å². The van der Waals surface area contributed by atoms with Gasteiger partial charge in [0.25, 0.3) is 0 Å². The molecule has 1 rings (SSSR count). The van der Waals surface area contributed by atoms with E-state index in [1.54, 1.807) is 0 Å². The van der Waals surface area contributed by atoms with Crippen molar-refractivity contribution in [3.8, 4) is 0 Å². The lowest BCUT2D eigenvalue weighted by Crippen LogP contribution is -2.41. The number of aliphatic hydroxyl groups is 1. The van der Waals surface area contributed by atoms with Crippen molar-refractivity contribution in [1.82, 2.24) is 5.32 Å². The summed E-state index contributed by atoms with van der Waals surface area (Å²) in [6, 6.07) is 0.114. The Labute approximate surface area is 97.6 Å². The molecule has 0 aliphatic heterocycles. The summed E-state index contributed by atoms with van der Waals surface area (Å²) in [5.74, 6) is 0.0278. The second kappa shape index (κ2) is 6.86. The molecule has 0 heterocycles. The molecule has 1 amide bonds. The monoisotopic (exact) mass is 228 g/mol. The van der Waals surface area contributed by atoms with Crippen LogP contribution in [0.1, 0.15) is 51.9 Å². The zero-order chi connectivity index (χ0) is 12.0. The van der Waals surface area contributed by atoms with E-state index >= 15 is 0 Å². The average molecular weight is 228 g/mol. The summed E-state index contributed by atoms with van der Waals surface area (Å²) < 4.78 is 0. The molecule has 0 aromatic heterocycles. The van der Waals surface area contributed by atoms with Crippen LogP contribution in [0.3, 0.4) is 0 Å². The van der Waals surface area contributed by atoms with Crippen LogP contribution in [0.4, 0.5) is 0 Å². The van der Waals surface area contributed by atoms with Crippen LogP contribution >= 0.6 is 0 Å². The van der Waals surface area contributed by atoms with E-state index in [1.165, 1.54) is 0 Å². The van der Waals surface area contributed by atoms with Gasteiger partial charge >= 0.3 is 0 Å². The largest absolute Gasteiger partial charge is 0.393 e. The number of carbonyl (C=O) groups excluding carboxylic acids is 1. The van der Waals surface area contributed by atoms with Crippen LogP contribution in [0.15, 0.2) is 0 Å². The molecule has 0 bridgehead atoms. The molecule has 0 aromatic carbocycles. The first-order chi connectivity index (χ1) is 7.61. The fraction of sp³-hybridized carbons (Fsp3) is 0.917. The van der Waals surface area contributed by atoms with Gasteiger partial charge in [-0.15, -0.1) is 0 Å². The smallest absolute Gasteiger partial charge is 0.221 e. The highest BCUT2D eigenvalue weighted by molar-refractivity contribution is 5.76. The Morgan fingerprint density at radius 1 is 1.56 bits per heavy atom. The Bertz CT molecular complexity index is 221. The van der Waals surface area contributed by atoms with Crippen molar-refractivity contribution in [2.24, 2.45) is 5.73 Å². The van der Waals surface area contributed by atoms with Gasteiger partial charge in [-0.3, -0.25) is 4.79 Å². The Kier molecular flexibility index (Phi) is 5.77. The van der Waals surface area contributed by atoms with Crippen molar-refractivity contribution in [3.05, 3.63) is 0 Å². The van der Waals surface area contributed by atoms with Crippen LogP contribution in [0.5, 0.6) is 0 Å². The minimum atomic E-state index is -0.247. The fourth-order valence-electron chi connectivity index (χ4n) is 2.29. The minimum absolute atomic E-state index is 0.0278. The van der Waals surface area contributed by atoms with E-state index in [1.807, 2.05) is 0 Å². The molecule has 1 fully saturated rings. The van der Waals surface area contributed by atoms with Crippen molar-refractivity contribution >= 4 is 5.91 Å². The van der Waals surface area contributed by atoms with Crippen LogP contribution in [0.25, 0.3) is 0 Å². The fourth-order valence-corrected chi connectivity index (χ4v) is 2.29. The third kappa shape index (κ3) is 4.94. The summed E-state index contributed by atoms with van der Waals surface area (Å²) in [5.41, 5.74) is 5.81. The van der Waals surface area contributed by atoms with Gasteiger partial charge in [-0.25, -0.2) is 0 Å². The number of rotatable bonds is 5. The zero-order valence-electron chi connectivity index (χ0n) is 10.1. The van der Waals surface area contributed by atoms with Gasteiger partial charge in [-0.05, 0) is 32.1 Å². The summed E-state index contributed by atoms with van der Waals surface area (Å²) in [5, 5.41) is 12.4. The molecule has 1 saturated carbocycles. The van der Waals surface area contributed by atoms with Crippen LogP contribution in [0.2, 0.25) is 0 Å². The number of aliphatic hydroxyl groups excluding tert-OH is 1. The van der Waals surface area contributed by atoms with Crippen LogP contribution in [-0.2, 0) is 4.79 Å². The molecule has 1 aliphatic carbocycles. The van der Waals surface area contributed by atoms with E-state index in [-0.39, 0.29) is 24.1 Å². The molecule has 94 valence electrons. The summed E-state index contributed by atoms with van der Waals surface area (Å²) in [4.78, 5) is 11.6. The van der Waals surface area contributed by atoms with Crippen molar-refractivity contribution in [2.75, 3.05) is 0 Å². The first-order valence-electron chi connectivity index (χ1n) is 6.34. The number of amides is 1. The van der Waals surface area contributed by atoms with Gasteiger partial charge in [0, 0.05) is 18.5 Å². The highest BCUT2D eigenvalue weighted by atomic mass is 16.3. The molecular weight excluding hydrogens is 204 g/mol. The van der Waals surface area contributed by atoms with E-state index in [2.05, 4.69) is 12.2 Å². The summed E-state index contributed by atoms with van der Waals surface area (Å²) >= 11 is 0. The molecule has 3 unspecified atom stereocenters. The first kappa shape index (κ1) is 13.5. The molecule has 3 atom stereocenters. The highest BCUT2D eigenvalue weighted by Crippen LogP contribution is 2.18. The molecule has 1 aliphatic rings. The van der Waals surface area contributed by atoms with Crippen LogP contribution in [0, 0.1) is 0 Å². The highest BCUT2D eigenvalue weighted by Gasteiger charge is 2.21. The molecule has 4 heteroatoms. The van der Waals surface area contributed by atoms with E-state index in [9.17, 15) is 9.90 Å². The van der Waals surface area contributed by atoms with Crippen molar-refractivity contribution < 1.29 is 9.90 Å². The third-order valence-electron chi connectivity index (χ3n) is 3.12. The van der Waals surface area contributed by atoms with E-state index in [0.717, 1.165) is 32.1 Å². The Morgan fingerprint density at radius 2 is 2.31 bits per heavy atom. The average Bonchev–Trinajstić information content (AvgIpc) is 2.17. The Balaban J connectivity index is 2.22. The standard InChI is InChI=1S/C12H24N2O2/c1-2-4-9(13)7-12(16)14-10-5-3-6-11(15)8-10/h9-11,15H,2-8,13H2,1H3,(H,14,16). The lowest BCUT2D eigenvalue weighted by atomic mass is 9.93. The maximum absolute atomic E-state index is 11.6. The molecule has 4 N–H and O–H groups in total. The second-order valence-electron chi connectivity index (χ2n) is 4.84. The van der Waals surface area contributed by atoms with Gasteiger partial charge < -0.3 is 16.2 Å². The Morgan fingerprint density at radius 3 is 2.94 bits per heavy atom. The number of carbonyl (C=O) groups is 1. The van der Waals surface area contributed by atoms with Gasteiger partial charge in [0.05, 0.1) is 6.10 Å². The van der Waals surface area contributed by atoms with Crippen LogP contribution in [-0.4, -0.2) is 29.2 Å². The predicted octanol–water partition coefficient (Wildman–Crippen LogP) is 0.924. The lowest BCUT2D eigenvalue weighted by Gasteiger charge is -2.27. The number of nitrogens with two attached hydrogens (primary N) is 1. The van der Waals surface area contributed by atoms with Crippen molar-refractivity contribution in [3.63, 3.8) is 0 Å². The first-order valence-corrected chi connectivity index (χ1v) is 6.34.